The molecule has 0 atom stereocenters. The molecule has 1 heterocycles. The Morgan fingerprint density at radius 2 is 0.756 bits per heavy atom. The van der Waals surface area contributed by atoms with E-state index >= 15 is 0 Å². The summed E-state index contributed by atoms with van der Waals surface area (Å²) >= 11 is 1.89. The summed E-state index contributed by atoms with van der Waals surface area (Å²) in [6.07, 6.45) is 0. The zero-order valence-electron chi connectivity index (χ0n) is 22.4. The fourth-order valence-electron chi connectivity index (χ4n) is 6.26. The third-order valence-corrected chi connectivity index (χ3v) is 9.29. The van der Waals surface area contributed by atoms with Crippen molar-refractivity contribution in [1.29, 1.82) is 0 Å². The lowest BCUT2D eigenvalue weighted by Crippen LogP contribution is -1.91. The van der Waals surface area contributed by atoms with Crippen molar-refractivity contribution >= 4 is 43.0 Å². The first kappa shape index (κ1) is 23.9. The molecule has 0 radical (unpaired) electrons. The zero-order valence-corrected chi connectivity index (χ0v) is 23.2. The van der Waals surface area contributed by atoms with Crippen molar-refractivity contribution in [1.82, 2.24) is 0 Å². The molecule has 41 heavy (non-hydrogen) atoms. The molecule has 0 aliphatic rings. The van der Waals surface area contributed by atoms with Crippen molar-refractivity contribution in [2.24, 2.45) is 0 Å². The topological polar surface area (TPSA) is 0 Å². The van der Waals surface area contributed by atoms with Crippen molar-refractivity contribution < 1.29 is 0 Å². The van der Waals surface area contributed by atoms with E-state index in [0.29, 0.717) is 0 Å². The van der Waals surface area contributed by atoms with Gasteiger partial charge in [-0.2, -0.15) is 0 Å². The molecule has 8 aromatic rings. The molecule has 0 bridgehead atoms. The largest absolute Gasteiger partial charge is 0.135 e. The molecule has 0 fully saturated rings. The van der Waals surface area contributed by atoms with Crippen molar-refractivity contribution in [3.05, 3.63) is 158 Å². The Morgan fingerprint density at radius 1 is 0.293 bits per heavy atom. The van der Waals surface area contributed by atoms with Crippen LogP contribution in [0.25, 0.3) is 75.5 Å². The molecule has 0 saturated carbocycles. The van der Waals surface area contributed by atoms with Crippen molar-refractivity contribution in [3.8, 4) is 43.8 Å². The number of benzene rings is 7. The van der Waals surface area contributed by atoms with Crippen LogP contribution in [0.15, 0.2) is 158 Å². The molecule has 0 nitrogen and oxygen atoms in total. The fourth-order valence-corrected chi connectivity index (χ4v) is 7.46. The SMILES string of the molecule is c1ccc(-c2ccc3sc(-c4ccccc4)c(-c4c5ccccc5c(-c5ccccc5)c5ccccc45)c3c2)cc1. The van der Waals surface area contributed by atoms with Crippen LogP contribution in [0.4, 0.5) is 0 Å². The molecule has 1 aromatic heterocycles. The Labute approximate surface area is 243 Å². The molecule has 7 aromatic carbocycles. The Morgan fingerprint density at radius 3 is 1.32 bits per heavy atom. The van der Waals surface area contributed by atoms with Gasteiger partial charge in [-0.25, -0.2) is 0 Å². The van der Waals surface area contributed by atoms with Crippen LogP contribution < -0.4 is 0 Å². The van der Waals surface area contributed by atoms with E-state index in [2.05, 4.69) is 158 Å². The molecule has 0 N–H and O–H groups in total. The van der Waals surface area contributed by atoms with Gasteiger partial charge in [-0.05, 0) is 67.1 Å². The lowest BCUT2D eigenvalue weighted by Gasteiger charge is -2.18. The zero-order chi connectivity index (χ0) is 27.2. The van der Waals surface area contributed by atoms with Gasteiger partial charge in [0.25, 0.3) is 0 Å². The van der Waals surface area contributed by atoms with Crippen LogP contribution in [0.1, 0.15) is 0 Å². The normalized spacial score (nSPS) is 11.4. The van der Waals surface area contributed by atoms with Crippen LogP contribution in [0.3, 0.4) is 0 Å². The molecule has 0 amide bonds. The highest BCUT2D eigenvalue weighted by Crippen LogP contribution is 2.51. The second-order valence-electron chi connectivity index (χ2n) is 10.5. The third-order valence-electron chi connectivity index (χ3n) is 8.08. The summed E-state index contributed by atoms with van der Waals surface area (Å²) in [7, 11) is 0. The van der Waals surface area contributed by atoms with Crippen molar-refractivity contribution in [3.63, 3.8) is 0 Å². The minimum Gasteiger partial charge on any atom is -0.135 e. The third kappa shape index (κ3) is 3.97. The van der Waals surface area contributed by atoms with Gasteiger partial charge in [0, 0.05) is 20.5 Å². The smallest absolute Gasteiger partial charge is 0.0434 e. The van der Waals surface area contributed by atoms with E-state index in [0.717, 1.165) is 0 Å². The van der Waals surface area contributed by atoms with Gasteiger partial charge in [0.15, 0.2) is 0 Å². The summed E-state index contributed by atoms with van der Waals surface area (Å²) in [5.74, 6) is 0. The minimum atomic E-state index is 1.24. The van der Waals surface area contributed by atoms with Crippen LogP contribution in [0, 0.1) is 0 Å². The summed E-state index contributed by atoms with van der Waals surface area (Å²) in [5, 5.41) is 6.44. The predicted molar refractivity (Wildman–Crippen MR) is 179 cm³/mol. The molecular weight excluding hydrogens is 513 g/mol. The Balaban J connectivity index is 1.55. The molecule has 192 valence electrons. The van der Waals surface area contributed by atoms with E-state index in [1.165, 1.54) is 75.5 Å². The Kier molecular flexibility index (Phi) is 5.76. The molecule has 0 aliphatic carbocycles. The summed E-state index contributed by atoms with van der Waals surface area (Å²) < 4.78 is 1.30. The van der Waals surface area contributed by atoms with Gasteiger partial charge in [-0.3, -0.25) is 0 Å². The second kappa shape index (κ2) is 9.89. The average molecular weight is 539 g/mol. The first-order valence-electron chi connectivity index (χ1n) is 14.0. The highest BCUT2D eigenvalue weighted by molar-refractivity contribution is 7.23. The molecule has 0 unspecified atom stereocenters. The summed E-state index contributed by atoms with van der Waals surface area (Å²) in [5.41, 5.74) is 8.91. The lowest BCUT2D eigenvalue weighted by atomic mass is 9.84. The minimum absolute atomic E-state index is 1.24. The van der Waals surface area contributed by atoms with Crippen LogP contribution in [-0.4, -0.2) is 0 Å². The number of fused-ring (bicyclic) bond motifs is 3. The maximum absolute atomic E-state index is 2.40. The molecule has 0 aliphatic heterocycles. The van der Waals surface area contributed by atoms with E-state index < -0.39 is 0 Å². The maximum Gasteiger partial charge on any atom is 0.0434 e. The van der Waals surface area contributed by atoms with Crippen LogP contribution in [-0.2, 0) is 0 Å². The van der Waals surface area contributed by atoms with Crippen LogP contribution in [0.5, 0.6) is 0 Å². The number of hydrogen-bond donors (Lipinski definition) is 0. The highest BCUT2D eigenvalue weighted by Gasteiger charge is 2.23. The molecule has 8 rings (SSSR count). The predicted octanol–water partition coefficient (Wildman–Crippen LogP) is 11.9. The van der Waals surface area contributed by atoms with Crippen molar-refractivity contribution in [2.45, 2.75) is 0 Å². The summed E-state index contributed by atoms with van der Waals surface area (Å²) in [4.78, 5) is 1.31. The number of hydrogen-bond acceptors (Lipinski definition) is 1. The first-order chi connectivity index (χ1) is 20.4. The average Bonchev–Trinajstić information content (AvgIpc) is 3.43. The molecule has 0 saturated heterocycles. The number of thiophene rings is 1. The lowest BCUT2D eigenvalue weighted by molar-refractivity contribution is 1.65. The molecule has 1 heteroatoms. The fraction of sp³-hybridized carbons (Fsp3) is 0. The van der Waals surface area contributed by atoms with E-state index in [9.17, 15) is 0 Å². The van der Waals surface area contributed by atoms with Gasteiger partial charge in [0.2, 0.25) is 0 Å². The maximum atomic E-state index is 2.40. The Bertz CT molecular complexity index is 2120. The first-order valence-corrected chi connectivity index (χ1v) is 14.8. The standard InChI is InChI=1S/C40H26S/c1-4-14-27(15-5-1)30-24-25-36-35(26-30)39(40(41-36)29-18-8-3-9-19-29)38-33-22-12-10-20-31(33)37(28-16-6-2-7-17-28)32-21-11-13-23-34(32)38/h1-26H. The van der Waals surface area contributed by atoms with Crippen LogP contribution in [0.2, 0.25) is 0 Å². The summed E-state index contributed by atoms with van der Waals surface area (Å²) in [6.45, 7) is 0. The van der Waals surface area contributed by atoms with E-state index in [4.69, 9.17) is 0 Å². The van der Waals surface area contributed by atoms with Gasteiger partial charge in [0.1, 0.15) is 0 Å². The molecular formula is C40H26S. The monoisotopic (exact) mass is 538 g/mol. The van der Waals surface area contributed by atoms with Crippen LogP contribution >= 0.6 is 11.3 Å². The van der Waals surface area contributed by atoms with Gasteiger partial charge < -0.3 is 0 Å². The quantitative estimate of drug-likeness (QED) is 0.195. The Hall–Kier alpha value is -4.98. The second-order valence-corrected chi connectivity index (χ2v) is 11.5. The van der Waals surface area contributed by atoms with Crippen molar-refractivity contribution in [2.75, 3.05) is 0 Å². The van der Waals surface area contributed by atoms with E-state index in [1.807, 2.05) is 11.3 Å². The summed E-state index contributed by atoms with van der Waals surface area (Å²) in [6, 6.07) is 57.3. The van der Waals surface area contributed by atoms with E-state index in [-0.39, 0.29) is 0 Å². The van der Waals surface area contributed by atoms with E-state index in [1.54, 1.807) is 0 Å². The number of rotatable bonds is 4. The van der Waals surface area contributed by atoms with Gasteiger partial charge in [0.05, 0.1) is 0 Å². The highest BCUT2D eigenvalue weighted by atomic mass is 32.1. The molecule has 0 spiro atoms. The van der Waals surface area contributed by atoms with Gasteiger partial charge in [-0.15, -0.1) is 11.3 Å². The van der Waals surface area contributed by atoms with Gasteiger partial charge >= 0.3 is 0 Å². The van der Waals surface area contributed by atoms with Gasteiger partial charge in [-0.1, -0.05) is 146 Å².